The molecule has 0 aromatic heterocycles. The Morgan fingerprint density at radius 1 is 1.30 bits per heavy atom. The van der Waals surface area contributed by atoms with E-state index >= 15 is 0 Å². The highest BCUT2D eigenvalue weighted by atomic mass is 15.2. The molecule has 1 fully saturated rings. The highest BCUT2D eigenvalue weighted by Gasteiger charge is 2.21. The molecule has 1 aromatic carbocycles. The van der Waals surface area contributed by atoms with Crippen LogP contribution in [-0.2, 0) is 0 Å². The van der Waals surface area contributed by atoms with E-state index in [1.54, 1.807) is 0 Å². The van der Waals surface area contributed by atoms with Crippen LogP contribution in [0, 0.1) is 13.8 Å². The zero-order valence-electron chi connectivity index (χ0n) is 13.6. The van der Waals surface area contributed by atoms with Crippen LogP contribution in [0.4, 0.5) is 0 Å². The number of rotatable bonds is 5. The molecule has 1 aromatic rings. The zero-order valence-corrected chi connectivity index (χ0v) is 13.6. The van der Waals surface area contributed by atoms with E-state index in [1.807, 2.05) is 0 Å². The molecule has 2 heteroatoms. The van der Waals surface area contributed by atoms with Gasteiger partial charge in [0.1, 0.15) is 0 Å². The molecule has 2 unspecified atom stereocenters. The maximum absolute atomic E-state index is 3.67. The van der Waals surface area contributed by atoms with Crippen molar-refractivity contribution in [2.24, 2.45) is 0 Å². The minimum absolute atomic E-state index is 0.504. The fourth-order valence-corrected chi connectivity index (χ4v) is 3.42. The first kappa shape index (κ1) is 15.5. The van der Waals surface area contributed by atoms with Crippen LogP contribution in [0.15, 0.2) is 18.2 Å². The van der Waals surface area contributed by atoms with Crippen molar-refractivity contribution in [1.29, 1.82) is 0 Å². The second kappa shape index (κ2) is 7.24. The molecule has 0 saturated carbocycles. The average Bonchev–Trinajstić information content (AvgIpc) is 2.45. The summed E-state index contributed by atoms with van der Waals surface area (Å²) in [7, 11) is 0. The van der Waals surface area contributed by atoms with Crippen LogP contribution >= 0.6 is 0 Å². The number of aryl methyl sites for hydroxylation is 2. The highest BCUT2D eigenvalue weighted by Crippen LogP contribution is 2.25. The van der Waals surface area contributed by atoms with Gasteiger partial charge in [0.2, 0.25) is 0 Å². The number of hydrogen-bond donors (Lipinski definition) is 1. The van der Waals surface area contributed by atoms with Crippen LogP contribution < -0.4 is 5.32 Å². The van der Waals surface area contributed by atoms with Gasteiger partial charge >= 0.3 is 0 Å². The van der Waals surface area contributed by atoms with Crippen molar-refractivity contribution in [1.82, 2.24) is 10.2 Å². The zero-order chi connectivity index (χ0) is 14.5. The standard InChI is InChI=1S/C18H30N2/c1-5-20(13-17-8-6-7-11-19-17)16(4)18-10-9-14(2)12-15(18)3/h9-10,12,16-17,19H,5-8,11,13H2,1-4H3. The molecule has 2 rings (SSSR count). The van der Waals surface area contributed by atoms with E-state index in [0.717, 1.165) is 6.54 Å². The van der Waals surface area contributed by atoms with E-state index in [0.29, 0.717) is 12.1 Å². The van der Waals surface area contributed by atoms with Crippen LogP contribution in [-0.4, -0.2) is 30.6 Å². The van der Waals surface area contributed by atoms with E-state index in [1.165, 1.54) is 49.0 Å². The van der Waals surface area contributed by atoms with Gasteiger partial charge in [-0.05, 0) is 57.8 Å². The lowest BCUT2D eigenvalue weighted by molar-refractivity contribution is 0.184. The molecule has 0 amide bonds. The van der Waals surface area contributed by atoms with Gasteiger partial charge in [0.25, 0.3) is 0 Å². The Kier molecular flexibility index (Phi) is 5.62. The van der Waals surface area contributed by atoms with Gasteiger partial charge in [0.15, 0.2) is 0 Å². The molecule has 20 heavy (non-hydrogen) atoms. The molecule has 2 nitrogen and oxygen atoms in total. The van der Waals surface area contributed by atoms with Gasteiger partial charge in [-0.3, -0.25) is 4.90 Å². The molecule has 0 bridgehead atoms. The molecule has 0 radical (unpaired) electrons. The van der Waals surface area contributed by atoms with Crippen molar-refractivity contribution >= 4 is 0 Å². The van der Waals surface area contributed by atoms with Gasteiger partial charge in [-0.25, -0.2) is 0 Å². The van der Waals surface area contributed by atoms with Gasteiger partial charge < -0.3 is 5.32 Å². The number of piperidine rings is 1. The fourth-order valence-electron chi connectivity index (χ4n) is 3.42. The van der Waals surface area contributed by atoms with Crippen LogP contribution in [0.5, 0.6) is 0 Å². The van der Waals surface area contributed by atoms with E-state index in [9.17, 15) is 0 Å². The lowest BCUT2D eigenvalue weighted by atomic mass is 9.98. The van der Waals surface area contributed by atoms with E-state index in [-0.39, 0.29) is 0 Å². The first-order valence-corrected chi connectivity index (χ1v) is 8.16. The maximum Gasteiger partial charge on any atom is 0.0323 e. The number of benzene rings is 1. The molecule has 1 N–H and O–H groups in total. The Balaban J connectivity index is 2.05. The molecule has 1 saturated heterocycles. The summed E-state index contributed by atoms with van der Waals surface area (Å²) >= 11 is 0. The van der Waals surface area contributed by atoms with Gasteiger partial charge in [0, 0.05) is 18.6 Å². The summed E-state index contributed by atoms with van der Waals surface area (Å²) < 4.78 is 0. The Labute approximate surface area is 124 Å². The Bertz CT molecular complexity index is 421. The van der Waals surface area contributed by atoms with E-state index in [2.05, 4.69) is 56.1 Å². The topological polar surface area (TPSA) is 15.3 Å². The van der Waals surface area contributed by atoms with Crippen molar-refractivity contribution in [2.45, 2.75) is 59.0 Å². The van der Waals surface area contributed by atoms with Crippen molar-refractivity contribution in [3.63, 3.8) is 0 Å². The van der Waals surface area contributed by atoms with Crippen molar-refractivity contribution in [2.75, 3.05) is 19.6 Å². The predicted octanol–water partition coefficient (Wildman–Crippen LogP) is 3.83. The summed E-state index contributed by atoms with van der Waals surface area (Å²) in [5, 5.41) is 3.67. The van der Waals surface area contributed by atoms with Crippen LogP contribution in [0.3, 0.4) is 0 Å². The molecule has 1 aliphatic heterocycles. The third kappa shape index (κ3) is 3.83. The fraction of sp³-hybridized carbons (Fsp3) is 0.667. The molecular weight excluding hydrogens is 244 g/mol. The van der Waals surface area contributed by atoms with Gasteiger partial charge in [-0.15, -0.1) is 0 Å². The minimum atomic E-state index is 0.504. The van der Waals surface area contributed by atoms with Gasteiger partial charge in [-0.2, -0.15) is 0 Å². The summed E-state index contributed by atoms with van der Waals surface area (Å²) in [6.07, 6.45) is 4.05. The smallest absolute Gasteiger partial charge is 0.0323 e. The van der Waals surface area contributed by atoms with Gasteiger partial charge in [0.05, 0.1) is 0 Å². The summed E-state index contributed by atoms with van der Waals surface area (Å²) in [5.74, 6) is 0. The number of nitrogens with one attached hydrogen (secondary N) is 1. The molecule has 1 aliphatic rings. The van der Waals surface area contributed by atoms with Crippen LogP contribution in [0.25, 0.3) is 0 Å². The first-order valence-electron chi connectivity index (χ1n) is 8.16. The van der Waals surface area contributed by atoms with Crippen LogP contribution in [0.1, 0.15) is 55.8 Å². The summed E-state index contributed by atoms with van der Waals surface area (Å²) in [6, 6.07) is 8.04. The lowest BCUT2D eigenvalue weighted by Crippen LogP contribution is -2.44. The quantitative estimate of drug-likeness (QED) is 0.878. The third-order valence-electron chi connectivity index (χ3n) is 4.70. The van der Waals surface area contributed by atoms with Crippen LogP contribution in [0.2, 0.25) is 0 Å². The minimum Gasteiger partial charge on any atom is -0.313 e. The second-order valence-corrected chi connectivity index (χ2v) is 6.27. The van der Waals surface area contributed by atoms with E-state index < -0.39 is 0 Å². The summed E-state index contributed by atoms with van der Waals surface area (Å²) in [4.78, 5) is 2.61. The third-order valence-corrected chi connectivity index (χ3v) is 4.70. The monoisotopic (exact) mass is 274 g/mol. The Morgan fingerprint density at radius 3 is 2.70 bits per heavy atom. The molecule has 112 valence electrons. The first-order chi connectivity index (χ1) is 9.61. The summed E-state index contributed by atoms with van der Waals surface area (Å²) in [6.45, 7) is 12.5. The van der Waals surface area contributed by atoms with Crippen molar-refractivity contribution < 1.29 is 0 Å². The molecule has 0 aliphatic carbocycles. The maximum atomic E-state index is 3.67. The van der Waals surface area contributed by atoms with E-state index in [4.69, 9.17) is 0 Å². The molecule has 1 heterocycles. The Hall–Kier alpha value is -0.860. The largest absolute Gasteiger partial charge is 0.313 e. The molecule has 0 spiro atoms. The number of hydrogen-bond acceptors (Lipinski definition) is 2. The number of likely N-dealkylation sites (N-methyl/N-ethyl adjacent to an activating group) is 1. The molecular formula is C18H30N2. The summed E-state index contributed by atoms with van der Waals surface area (Å²) in [5.41, 5.74) is 4.26. The second-order valence-electron chi connectivity index (χ2n) is 6.27. The van der Waals surface area contributed by atoms with Crippen molar-refractivity contribution in [3.8, 4) is 0 Å². The SMILES string of the molecule is CCN(CC1CCCCN1)C(C)c1ccc(C)cc1C. The highest BCUT2D eigenvalue weighted by molar-refractivity contribution is 5.32. The molecule has 2 atom stereocenters. The Morgan fingerprint density at radius 2 is 2.10 bits per heavy atom. The predicted molar refractivity (Wildman–Crippen MR) is 87.2 cm³/mol. The van der Waals surface area contributed by atoms with Gasteiger partial charge in [-0.1, -0.05) is 37.1 Å². The number of nitrogens with zero attached hydrogens (tertiary/aromatic N) is 1. The average molecular weight is 274 g/mol. The van der Waals surface area contributed by atoms with Crippen molar-refractivity contribution in [3.05, 3.63) is 34.9 Å². The lowest BCUT2D eigenvalue weighted by Gasteiger charge is -2.34. The normalized spacial score (nSPS) is 21.1.